The third-order valence-corrected chi connectivity index (χ3v) is 6.46. The molecule has 0 fully saturated rings. The van der Waals surface area contributed by atoms with Gasteiger partial charge in [0.25, 0.3) is 5.91 Å². The molecule has 2 amide bonds. The molecule has 1 aromatic heterocycles. The van der Waals surface area contributed by atoms with E-state index in [1.54, 1.807) is 12.0 Å². The highest BCUT2D eigenvalue weighted by molar-refractivity contribution is 5.85. The van der Waals surface area contributed by atoms with E-state index in [2.05, 4.69) is 24.5 Å². The van der Waals surface area contributed by atoms with E-state index in [4.69, 9.17) is 9.47 Å². The standard InChI is InChI=1S/C30H39N3O4/c1-5-17-32(30(35)23-37-27-14-8-7-9-15-27)22-29(34)33(24(3)6-2)21-26-13-11-18-31(26)20-25-12-10-16-28(19-25)36-4/h7-16,18-19,24H,5-6,17,20-23H2,1-4H3. The number of nitrogens with zero attached hydrogens (tertiary/aromatic N) is 3. The van der Waals surface area contributed by atoms with E-state index in [1.807, 2.05) is 78.7 Å². The average Bonchev–Trinajstić information content (AvgIpc) is 3.36. The van der Waals surface area contributed by atoms with E-state index < -0.39 is 0 Å². The summed E-state index contributed by atoms with van der Waals surface area (Å²) in [5.41, 5.74) is 2.16. The zero-order valence-electron chi connectivity index (χ0n) is 22.4. The maximum atomic E-state index is 13.6. The first-order valence-corrected chi connectivity index (χ1v) is 13.0. The van der Waals surface area contributed by atoms with Crippen molar-refractivity contribution in [1.82, 2.24) is 14.4 Å². The lowest BCUT2D eigenvalue weighted by atomic mass is 10.2. The van der Waals surface area contributed by atoms with Crippen LogP contribution in [0.5, 0.6) is 11.5 Å². The first-order valence-electron chi connectivity index (χ1n) is 13.0. The van der Waals surface area contributed by atoms with Crippen molar-refractivity contribution >= 4 is 11.8 Å². The van der Waals surface area contributed by atoms with Gasteiger partial charge in [-0.15, -0.1) is 0 Å². The van der Waals surface area contributed by atoms with Gasteiger partial charge in [0.15, 0.2) is 6.61 Å². The molecule has 1 heterocycles. The molecule has 0 N–H and O–H groups in total. The normalized spacial score (nSPS) is 11.6. The van der Waals surface area contributed by atoms with Crippen LogP contribution in [-0.4, -0.2) is 59.0 Å². The number of hydrogen-bond acceptors (Lipinski definition) is 4. The maximum absolute atomic E-state index is 13.6. The molecule has 1 atom stereocenters. The fraction of sp³-hybridized carbons (Fsp3) is 0.400. The predicted octanol–water partition coefficient (Wildman–Crippen LogP) is 4.99. The molecular weight excluding hydrogens is 466 g/mol. The van der Waals surface area contributed by atoms with E-state index in [9.17, 15) is 9.59 Å². The third kappa shape index (κ3) is 8.13. The largest absolute Gasteiger partial charge is 0.497 e. The fourth-order valence-corrected chi connectivity index (χ4v) is 4.17. The quantitative estimate of drug-likeness (QED) is 0.310. The molecule has 0 aliphatic rings. The molecule has 0 radical (unpaired) electrons. The van der Waals surface area contributed by atoms with Gasteiger partial charge in [0.1, 0.15) is 11.5 Å². The summed E-state index contributed by atoms with van der Waals surface area (Å²) in [6.07, 6.45) is 3.61. The topological polar surface area (TPSA) is 64.0 Å². The van der Waals surface area contributed by atoms with Gasteiger partial charge in [0.05, 0.1) is 20.2 Å². The lowest BCUT2D eigenvalue weighted by Crippen LogP contribution is -2.47. The summed E-state index contributed by atoms with van der Waals surface area (Å²) in [4.78, 5) is 30.0. The summed E-state index contributed by atoms with van der Waals surface area (Å²) in [6.45, 7) is 7.72. The maximum Gasteiger partial charge on any atom is 0.260 e. The highest BCUT2D eigenvalue weighted by Crippen LogP contribution is 2.18. The Morgan fingerprint density at radius 1 is 0.946 bits per heavy atom. The van der Waals surface area contributed by atoms with Crippen LogP contribution in [0.4, 0.5) is 0 Å². The van der Waals surface area contributed by atoms with E-state index in [0.29, 0.717) is 25.4 Å². The van der Waals surface area contributed by atoms with Crippen molar-refractivity contribution in [2.75, 3.05) is 26.8 Å². The molecule has 0 aliphatic heterocycles. The Morgan fingerprint density at radius 2 is 1.70 bits per heavy atom. The van der Waals surface area contributed by atoms with E-state index in [1.165, 1.54) is 0 Å². The zero-order valence-corrected chi connectivity index (χ0v) is 22.4. The zero-order chi connectivity index (χ0) is 26.6. The minimum absolute atomic E-state index is 0.0335. The first kappa shape index (κ1) is 27.8. The molecule has 7 heteroatoms. The number of amides is 2. The average molecular weight is 506 g/mol. The number of rotatable bonds is 14. The molecular formula is C30H39N3O4. The predicted molar refractivity (Wildman–Crippen MR) is 146 cm³/mol. The lowest BCUT2D eigenvalue weighted by Gasteiger charge is -2.32. The Bertz CT molecular complexity index is 1130. The molecule has 0 spiro atoms. The van der Waals surface area contributed by atoms with Crippen LogP contribution in [0.15, 0.2) is 72.9 Å². The van der Waals surface area contributed by atoms with Crippen molar-refractivity contribution < 1.29 is 19.1 Å². The van der Waals surface area contributed by atoms with Crippen LogP contribution in [0.3, 0.4) is 0 Å². The Balaban J connectivity index is 1.70. The summed E-state index contributed by atoms with van der Waals surface area (Å²) in [5.74, 6) is 1.20. The molecule has 0 saturated heterocycles. The van der Waals surface area contributed by atoms with Gasteiger partial charge < -0.3 is 23.8 Å². The SMILES string of the molecule is CCCN(CC(=O)N(Cc1cccn1Cc1cccc(OC)c1)C(C)CC)C(=O)COc1ccccc1. The van der Waals surface area contributed by atoms with Crippen molar-refractivity contribution in [3.8, 4) is 11.5 Å². The highest BCUT2D eigenvalue weighted by Gasteiger charge is 2.25. The minimum atomic E-state index is -0.190. The van der Waals surface area contributed by atoms with Gasteiger partial charge >= 0.3 is 0 Å². The van der Waals surface area contributed by atoms with Gasteiger partial charge in [0, 0.05) is 31.0 Å². The summed E-state index contributed by atoms with van der Waals surface area (Å²) in [5, 5.41) is 0. The van der Waals surface area contributed by atoms with E-state index in [0.717, 1.165) is 29.8 Å². The van der Waals surface area contributed by atoms with Crippen molar-refractivity contribution in [2.45, 2.75) is 52.7 Å². The molecule has 3 aromatic rings. The number of carbonyl (C=O) groups is 2. The first-order chi connectivity index (χ1) is 17.9. The molecule has 3 rings (SSSR count). The molecule has 7 nitrogen and oxygen atoms in total. The lowest BCUT2D eigenvalue weighted by molar-refractivity contribution is -0.143. The molecule has 0 aliphatic carbocycles. The van der Waals surface area contributed by atoms with Crippen molar-refractivity contribution in [3.63, 3.8) is 0 Å². The molecule has 37 heavy (non-hydrogen) atoms. The Morgan fingerprint density at radius 3 is 2.41 bits per heavy atom. The fourth-order valence-electron chi connectivity index (χ4n) is 4.17. The Labute approximate surface area is 220 Å². The Hall–Kier alpha value is -3.74. The molecule has 2 aromatic carbocycles. The molecule has 1 unspecified atom stereocenters. The van der Waals surface area contributed by atoms with Crippen LogP contribution >= 0.6 is 0 Å². The number of benzene rings is 2. The molecule has 0 bridgehead atoms. The van der Waals surface area contributed by atoms with Crippen LogP contribution in [0.25, 0.3) is 0 Å². The van der Waals surface area contributed by atoms with E-state index >= 15 is 0 Å². The molecule has 198 valence electrons. The van der Waals surface area contributed by atoms with Crippen molar-refractivity contribution in [3.05, 3.63) is 84.2 Å². The second kappa shape index (κ2) is 14.1. The molecule has 0 saturated carbocycles. The summed E-state index contributed by atoms with van der Waals surface area (Å²) in [7, 11) is 1.66. The van der Waals surface area contributed by atoms with Crippen LogP contribution < -0.4 is 9.47 Å². The smallest absolute Gasteiger partial charge is 0.260 e. The summed E-state index contributed by atoms with van der Waals surface area (Å²) < 4.78 is 13.2. The van der Waals surface area contributed by atoms with E-state index in [-0.39, 0.29) is 31.0 Å². The number of methoxy groups -OCH3 is 1. The number of ether oxygens (including phenoxy) is 2. The van der Waals surface area contributed by atoms with Gasteiger partial charge in [-0.25, -0.2) is 0 Å². The number of carbonyl (C=O) groups excluding carboxylic acids is 2. The second-order valence-corrected chi connectivity index (χ2v) is 9.17. The van der Waals surface area contributed by atoms with Crippen LogP contribution in [0, 0.1) is 0 Å². The minimum Gasteiger partial charge on any atom is -0.497 e. The second-order valence-electron chi connectivity index (χ2n) is 9.17. The summed E-state index contributed by atoms with van der Waals surface area (Å²) in [6, 6.07) is 21.3. The van der Waals surface area contributed by atoms with Crippen molar-refractivity contribution in [2.24, 2.45) is 0 Å². The van der Waals surface area contributed by atoms with Gasteiger partial charge in [0.2, 0.25) is 5.91 Å². The van der Waals surface area contributed by atoms with Gasteiger partial charge in [-0.1, -0.05) is 44.2 Å². The van der Waals surface area contributed by atoms with Crippen LogP contribution in [0.2, 0.25) is 0 Å². The van der Waals surface area contributed by atoms with Crippen LogP contribution in [0.1, 0.15) is 44.9 Å². The van der Waals surface area contributed by atoms with Gasteiger partial charge in [-0.2, -0.15) is 0 Å². The number of hydrogen-bond donors (Lipinski definition) is 0. The highest BCUT2D eigenvalue weighted by atomic mass is 16.5. The van der Waals surface area contributed by atoms with Crippen molar-refractivity contribution in [1.29, 1.82) is 0 Å². The van der Waals surface area contributed by atoms with Crippen LogP contribution in [-0.2, 0) is 22.7 Å². The number of para-hydroxylation sites is 1. The Kier molecular flexibility index (Phi) is 10.6. The summed E-state index contributed by atoms with van der Waals surface area (Å²) >= 11 is 0. The monoisotopic (exact) mass is 505 g/mol. The number of aromatic nitrogens is 1. The third-order valence-electron chi connectivity index (χ3n) is 6.46. The van der Waals surface area contributed by atoms with Gasteiger partial charge in [-0.3, -0.25) is 9.59 Å². The van der Waals surface area contributed by atoms with Gasteiger partial charge in [-0.05, 0) is 61.7 Å².